The van der Waals surface area contributed by atoms with Crippen molar-refractivity contribution in [1.29, 1.82) is 0 Å². The third-order valence-corrected chi connectivity index (χ3v) is 2.07. The Bertz CT molecular complexity index is 316. The lowest BCUT2D eigenvalue weighted by Gasteiger charge is -2.17. The minimum absolute atomic E-state index is 0.00187. The molecule has 0 saturated carbocycles. The second kappa shape index (κ2) is 5.60. The van der Waals surface area contributed by atoms with Crippen molar-refractivity contribution in [2.75, 3.05) is 6.54 Å². The van der Waals surface area contributed by atoms with Crippen molar-refractivity contribution in [2.45, 2.75) is 38.6 Å². The maximum Gasteiger partial charge on any atom is 0.220 e. The molecule has 1 amide bonds. The molecule has 0 aliphatic carbocycles. The largest absolute Gasteiger partial charge is 0.356 e. The van der Waals surface area contributed by atoms with Crippen molar-refractivity contribution in [3.63, 3.8) is 0 Å². The lowest BCUT2D eigenvalue weighted by Crippen LogP contribution is -2.34. The molecule has 1 aromatic rings. The fourth-order valence-corrected chi connectivity index (χ4v) is 1.14. The van der Waals surface area contributed by atoms with E-state index < -0.39 is 0 Å². The first-order chi connectivity index (χ1) is 7.47. The van der Waals surface area contributed by atoms with E-state index in [-0.39, 0.29) is 11.4 Å². The van der Waals surface area contributed by atoms with Gasteiger partial charge in [-0.1, -0.05) is 5.16 Å². The maximum absolute atomic E-state index is 11.4. The van der Waals surface area contributed by atoms with E-state index in [9.17, 15) is 4.79 Å². The van der Waals surface area contributed by atoms with Crippen LogP contribution in [0.4, 0.5) is 0 Å². The van der Waals surface area contributed by atoms with Gasteiger partial charge in [0.15, 0.2) is 5.82 Å². The summed E-state index contributed by atoms with van der Waals surface area (Å²) in [7, 11) is 0. The molecule has 0 atom stereocenters. The van der Waals surface area contributed by atoms with Crippen LogP contribution in [0.1, 0.15) is 32.5 Å². The summed E-state index contributed by atoms with van der Waals surface area (Å²) in [5.74, 6) is 0.599. The summed E-state index contributed by atoms with van der Waals surface area (Å²) in [6.45, 7) is 4.32. The van der Waals surface area contributed by atoms with Gasteiger partial charge in [0.05, 0.1) is 0 Å². The minimum atomic E-state index is -0.301. The number of nitrogens with zero attached hydrogens (tertiary/aromatic N) is 2. The first-order valence-electron chi connectivity index (χ1n) is 5.28. The van der Waals surface area contributed by atoms with Crippen molar-refractivity contribution < 1.29 is 9.32 Å². The highest BCUT2D eigenvalue weighted by atomic mass is 16.5. The number of nitrogens with one attached hydrogen (secondary N) is 1. The van der Waals surface area contributed by atoms with Crippen LogP contribution >= 0.6 is 0 Å². The van der Waals surface area contributed by atoms with Crippen LogP contribution in [0.3, 0.4) is 0 Å². The quantitative estimate of drug-likeness (QED) is 0.725. The summed E-state index contributed by atoms with van der Waals surface area (Å²) in [6.07, 6.45) is 2.96. The van der Waals surface area contributed by atoms with Crippen molar-refractivity contribution in [3.05, 3.63) is 12.2 Å². The molecule has 0 aliphatic rings. The molecule has 0 unspecified atom stereocenters. The van der Waals surface area contributed by atoms with Gasteiger partial charge in [-0.2, -0.15) is 4.98 Å². The Morgan fingerprint density at radius 2 is 2.38 bits per heavy atom. The van der Waals surface area contributed by atoms with Crippen LogP contribution in [0, 0.1) is 0 Å². The summed E-state index contributed by atoms with van der Waals surface area (Å²) in [5, 5.41) is 6.42. The molecular weight excluding hydrogens is 208 g/mol. The molecule has 1 rings (SSSR count). The summed E-state index contributed by atoms with van der Waals surface area (Å²) in [5.41, 5.74) is 5.48. The van der Waals surface area contributed by atoms with Crippen molar-refractivity contribution in [2.24, 2.45) is 5.73 Å². The molecule has 6 nitrogen and oxygen atoms in total. The van der Waals surface area contributed by atoms with Crippen LogP contribution in [0.5, 0.6) is 0 Å². The van der Waals surface area contributed by atoms with Crippen LogP contribution in [0.25, 0.3) is 0 Å². The molecule has 1 aromatic heterocycles. The third-order valence-electron chi connectivity index (χ3n) is 2.07. The van der Waals surface area contributed by atoms with E-state index in [2.05, 4.69) is 20.0 Å². The molecule has 0 radical (unpaired) electrons. The SMILES string of the molecule is CC(C)(N)CCC(=O)NCCc1ncon1. The highest BCUT2D eigenvalue weighted by molar-refractivity contribution is 5.75. The van der Waals surface area contributed by atoms with E-state index in [1.54, 1.807) is 0 Å². The molecule has 0 aromatic carbocycles. The molecule has 0 spiro atoms. The molecule has 0 aliphatic heterocycles. The summed E-state index contributed by atoms with van der Waals surface area (Å²) in [6, 6.07) is 0. The molecule has 0 saturated heterocycles. The first-order valence-corrected chi connectivity index (χ1v) is 5.28. The second-order valence-corrected chi connectivity index (χ2v) is 4.44. The summed E-state index contributed by atoms with van der Waals surface area (Å²) < 4.78 is 4.57. The highest BCUT2D eigenvalue weighted by Gasteiger charge is 2.12. The van der Waals surface area contributed by atoms with Gasteiger partial charge >= 0.3 is 0 Å². The lowest BCUT2D eigenvalue weighted by atomic mass is 10.00. The zero-order chi connectivity index (χ0) is 12.0. The van der Waals surface area contributed by atoms with E-state index in [0.29, 0.717) is 31.6 Å². The number of aromatic nitrogens is 2. The van der Waals surface area contributed by atoms with E-state index in [0.717, 1.165) is 0 Å². The predicted molar refractivity (Wildman–Crippen MR) is 58.5 cm³/mol. The first kappa shape index (κ1) is 12.6. The Balaban J connectivity index is 2.11. The van der Waals surface area contributed by atoms with E-state index in [1.165, 1.54) is 6.39 Å². The van der Waals surface area contributed by atoms with Crippen LogP contribution in [0.15, 0.2) is 10.9 Å². The summed E-state index contributed by atoms with van der Waals surface area (Å²) >= 11 is 0. The lowest BCUT2D eigenvalue weighted by molar-refractivity contribution is -0.121. The number of nitrogens with two attached hydrogens (primary N) is 1. The van der Waals surface area contributed by atoms with Gasteiger partial charge in [0.25, 0.3) is 0 Å². The van der Waals surface area contributed by atoms with Gasteiger partial charge in [-0.3, -0.25) is 4.79 Å². The van der Waals surface area contributed by atoms with Gasteiger partial charge in [0.2, 0.25) is 12.3 Å². The fourth-order valence-electron chi connectivity index (χ4n) is 1.14. The molecular formula is C10H18N4O2. The Labute approximate surface area is 94.6 Å². The fraction of sp³-hybridized carbons (Fsp3) is 0.700. The number of hydrogen-bond acceptors (Lipinski definition) is 5. The monoisotopic (exact) mass is 226 g/mol. The minimum Gasteiger partial charge on any atom is -0.356 e. The van der Waals surface area contributed by atoms with Gasteiger partial charge in [0.1, 0.15) is 0 Å². The van der Waals surface area contributed by atoms with Crippen molar-refractivity contribution in [3.8, 4) is 0 Å². The van der Waals surface area contributed by atoms with E-state index in [4.69, 9.17) is 5.73 Å². The number of amides is 1. The highest BCUT2D eigenvalue weighted by Crippen LogP contribution is 2.06. The van der Waals surface area contributed by atoms with Gasteiger partial charge in [-0.05, 0) is 20.3 Å². The molecule has 0 fully saturated rings. The topological polar surface area (TPSA) is 94.0 Å². The van der Waals surface area contributed by atoms with Gasteiger partial charge in [0, 0.05) is 24.9 Å². The average molecular weight is 226 g/mol. The van der Waals surface area contributed by atoms with Gasteiger partial charge in [-0.25, -0.2) is 0 Å². The molecule has 16 heavy (non-hydrogen) atoms. The number of hydrogen-bond donors (Lipinski definition) is 2. The average Bonchev–Trinajstić information content (AvgIpc) is 2.66. The second-order valence-electron chi connectivity index (χ2n) is 4.44. The van der Waals surface area contributed by atoms with E-state index >= 15 is 0 Å². The Kier molecular flexibility index (Phi) is 4.42. The van der Waals surface area contributed by atoms with Crippen molar-refractivity contribution in [1.82, 2.24) is 15.5 Å². The Morgan fingerprint density at radius 3 is 2.94 bits per heavy atom. The third kappa shape index (κ3) is 5.45. The van der Waals surface area contributed by atoms with Gasteiger partial charge < -0.3 is 15.6 Å². The number of carbonyl (C=O) groups is 1. The Hall–Kier alpha value is -1.43. The van der Waals surface area contributed by atoms with Crippen LogP contribution in [-0.4, -0.2) is 28.1 Å². The Morgan fingerprint density at radius 1 is 1.62 bits per heavy atom. The standard InChI is InChI=1S/C10H18N4O2/c1-10(2,11)5-3-9(15)12-6-4-8-13-7-16-14-8/h7H,3-6,11H2,1-2H3,(H,12,15). The zero-order valence-electron chi connectivity index (χ0n) is 9.69. The number of rotatable bonds is 6. The molecule has 90 valence electrons. The molecule has 3 N–H and O–H groups in total. The van der Waals surface area contributed by atoms with Gasteiger partial charge in [-0.15, -0.1) is 0 Å². The van der Waals surface area contributed by atoms with Crippen LogP contribution in [0.2, 0.25) is 0 Å². The normalized spacial score (nSPS) is 11.4. The zero-order valence-corrected chi connectivity index (χ0v) is 9.69. The molecule has 0 bridgehead atoms. The summed E-state index contributed by atoms with van der Waals surface area (Å²) in [4.78, 5) is 15.2. The van der Waals surface area contributed by atoms with Crippen LogP contribution < -0.4 is 11.1 Å². The number of carbonyl (C=O) groups excluding carboxylic acids is 1. The predicted octanol–water partition coefficient (Wildman–Crippen LogP) is 0.246. The smallest absolute Gasteiger partial charge is 0.220 e. The maximum atomic E-state index is 11.4. The van der Waals surface area contributed by atoms with E-state index in [1.807, 2.05) is 13.8 Å². The van der Waals surface area contributed by atoms with Crippen LogP contribution in [-0.2, 0) is 11.2 Å². The van der Waals surface area contributed by atoms with Crippen molar-refractivity contribution >= 4 is 5.91 Å². The molecule has 1 heterocycles. The molecule has 6 heteroatoms.